The molecule has 1 aromatic heterocycles. The molecule has 0 bridgehead atoms. The Morgan fingerprint density at radius 1 is 1.37 bits per heavy atom. The Labute approximate surface area is 113 Å². The number of piperidine rings is 1. The van der Waals surface area contributed by atoms with Gasteiger partial charge in [-0.1, -0.05) is 6.07 Å². The highest BCUT2D eigenvalue weighted by Gasteiger charge is 2.20. The summed E-state index contributed by atoms with van der Waals surface area (Å²) in [6.07, 6.45) is 4.78. The maximum absolute atomic E-state index is 12.2. The summed E-state index contributed by atoms with van der Waals surface area (Å²) >= 11 is 0. The van der Waals surface area contributed by atoms with Crippen LogP contribution in [0.15, 0.2) is 23.8 Å². The van der Waals surface area contributed by atoms with Crippen LogP contribution in [0.4, 0.5) is 0 Å². The molecular weight excluding hydrogens is 238 g/mol. The number of carbonyl (C=O) groups is 1. The van der Waals surface area contributed by atoms with E-state index in [1.165, 1.54) is 0 Å². The van der Waals surface area contributed by atoms with E-state index in [0.717, 1.165) is 38.0 Å². The number of hydrogen-bond acceptors (Lipinski definition) is 3. The Balaban J connectivity index is 2.19. The molecule has 98 valence electrons. The first-order valence-electron chi connectivity index (χ1n) is 6.55. The normalized spacial score (nSPS) is 16.0. The standard InChI is InChI=1S/C15H17N3O/c1-12-6-5-7-14(17-12)10-13(11-16)15(19)18-8-3-2-4-9-18/h5-7,10H,2-4,8-9H2,1H3/b13-10+. The van der Waals surface area contributed by atoms with Gasteiger partial charge in [-0.05, 0) is 44.4 Å². The minimum Gasteiger partial charge on any atom is -0.338 e. The monoisotopic (exact) mass is 255 g/mol. The first kappa shape index (κ1) is 13.3. The van der Waals surface area contributed by atoms with Gasteiger partial charge in [0.15, 0.2) is 0 Å². The van der Waals surface area contributed by atoms with Crippen LogP contribution in [0, 0.1) is 18.3 Å². The number of hydrogen-bond donors (Lipinski definition) is 0. The lowest BCUT2D eigenvalue weighted by Crippen LogP contribution is -2.36. The Bertz CT molecular complexity index is 537. The summed E-state index contributed by atoms with van der Waals surface area (Å²) < 4.78 is 0. The first-order valence-corrected chi connectivity index (χ1v) is 6.55. The van der Waals surface area contributed by atoms with Gasteiger partial charge >= 0.3 is 0 Å². The van der Waals surface area contributed by atoms with Crippen molar-refractivity contribution in [3.63, 3.8) is 0 Å². The molecule has 19 heavy (non-hydrogen) atoms. The zero-order valence-electron chi connectivity index (χ0n) is 11.1. The molecule has 2 heterocycles. The average molecular weight is 255 g/mol. The van der Waals surface area contributed by atoms with E-state index < -0.39 is 0 Å². The number of carbonyl (C=O) groups excluding carboxylic acids is 1. The van der Waals surface area contributed by atoms with Crippen molar-refractivity contribution in [3.8, 4) is 6.07 Å². The van der Waals surface area contributed by atoms with Crippen LogP contribution < -0.4 is 0 Å². The Kier molecular flexibility index (Phi) is 4.30. The molecule has 0 unspecified atom stereocenters. The molecule has 1 aliphatic rings. The van der Waals surface area contributed by atoms with Gasteiger partial charge in [0.25, 0.3) is 5.91 Å². The third-order valence-corrected chi connectivity index (χ3v) is 3.20. The van der Waals surface area contributed by atoms with E-state index in [0.29, 0.717) is 5.69 Å². The molecule has 0 aliphatic carbocycles. The Morgan fingerprint density at radius 3 is 2.74 bits per heavy atom. The molecule has 1 fully saturated rings. The van der Waals surface area contributed by atoms with Gasteiger partial charge in [-0.15, -0.1) is 0 Å². The van der Waals surface area contributed by atoms with Crippen LogP contribution in [0.25, 0.3) is 6.08 Å². The summed E-state index contributed by atoms with van der Waals surface area (Å²) in [6, 6.07) is 7.55. The van der Waals surface area contributed by atoms with E-state index >= 15 is 0 Å². The molecular formula is C15H17N3O. The topological polar surface area (TPSA) is 57.0 Å². The van der Waals surface area contributed by atoms with E-state index in [2.05, 4.69) is 4.98 Å². The summed E-state index contributed by atoms with van der Waals surface area (Å²) in [6.45, 7) is 3.38. The summed E-state index contributed by atoms with van der Waals surface area (Å²) in [4.78, 5) is 18.3. The van der Waals surface area contributed by atoms with Crippen molar-refractivity contribution in [3.05, 3.63) is 35.2 Å². The predicted molar refractivity (Wildman–Crippen MR) is 73.0 cm³/mol. The van der Waals surface area contributed by atoms with Crippen molar-refractivity contribution in [2.75, 3.05) is 13.1 Å². The van der Waals surface area contributed by atoms with Crippen molar-refractivity contribution in [2.24, 2.45) is 0 Å². The molecule has 0 aromatic carbocycles. The second kappa shape index (κ2) is 6.14. The fraction of sp³-hybridized carbons (Fsp3) is 0.400. The zero-order valence-corrected chi connectivity index (χ0v) is 11.1. The summed E-state index contributed by atoms with van der Waals surface area (Å²) in [7, 11) is 0. The van der Waals surface area contributed by atoms with Gasteiger partial charge in [-0.25, -0.2) is 0 Å². The lowest BCUT2D eigenvalue weighted by atomic mass is 10.1. The van der Waals surface area contributed by atoms with Crippen molar-refractivity contribution in [2.45, 2.75) is 26.2 Å². The lowest BCUT2D eigenvalue weighted by Gasteiger charge is -2.26. The van der Waals surface area contributed by atoms with Crippen LogP contribution in [0.3, 0.4) is 0 Å². The smallest absolute Gasteiger partial charge is 0.264 e. The van der Waals surface area contributed by atoms with Crippen molar-refractivity contribution < 1.29 is 4.79 Å². The third kappa shape index (κ3) is 3.41. The van der Waals surface area contributed by atoms with Gasteiger partial charge in [0.05, 0.1) is 5.69 Å². The van der Waals surface area contributed by atoms with E-state index in [-0.39, 0.29) is 11.5 Å². The highest BCUT2D eigenvalue weighted by atomic mass is 16.2. The minimum atomic E-state index is -0.175. The van der Waals surface area contributed by atoms with Crippen LogP contribution in [-0.2, 0) is 4.79 Å². The van der Waals surface area contributed by atoms with E-state index in [1.54, 1.807) is 17.0 Å². The Hall–Kier alpha value is -2.15. The van der Waals surface area contributed by atoms with E-state index in [1.807, 2.05) is 25.1 Å². The van der Waals surface area contributed by atoms with Gasteiger partial charge in [-0.3, -0.25) is 9.78 Å². The van der Waals surface area contributed by atoms with Crippen LogP contribution in [0.5, 0.6) is 0 Å². The SMILES string of the molecule is Cc1cccc(/C=C(\C#N)C(=O)N2CCCCC2)n1. The number of rotatable bonds is 2. The highest BCUT2D eigenvalue weighted by Crippen LogP contribution is 2.13. The van der Waals surface area contributed by atoms with E-state index in [9.17, 15) is 4.79 Å². The Morgan fingerprint density at radius 2 is 2.11 bits per heavy atom. The number of likely N-dealkylation sites (tertiary alicyclic amines) is 1. The zero-order chi connectivity index (χ0) is 13.7. The number of pyridine rings is 1. The average Bonchev–Trinajstić information content (AvgIpc) is 2.45. The summed E-state index contributed by atoms with van der Waals surface area (Å²) in [5.74, 6) is -0.175. The maximum Gasteiger partial charge on any atom is 0.264 e. The van der Waals surface area contributed by atoms with Gasteiger partial charge in [0, 0.05) is 18.8 Å². The minimum absolute atomic E-state index is 0.167. The second-order valence-corrected chi connectivity index (χ2v) is 4.73. The third-order valence-electron chi connectivity index (χ3n) is 3.20. The van der Waals surface area contributed by atoms with Crippen LogP contribution in [0.1, 0.15) is 30.7 Å². The fourth-order valence-electron chi connectivity index (χ4n) is 2.20. The van der Waals surface area contributed by atoms with Crippen molar-refractivity contribution >= 4 is 12.0 Å². The maximum atomic E-state index is 12.2. The number of nitrogens with zero attached hydrogens (tertiary/aromatic N) is 3. The molecule has 0 radical (unpaired) electrons. The van der Waals surface area contributed by atoms with Gasteiger partial charge in [-0.2, -0.15) is 5.26 Å². The summed E-state index contributed by atoms with van der Waals surface area (Å²) in [5.41, 5.74) is 1.69. The highest BCUT2D eigenvalue weighted by molar-refractivity contribution is 6.01. The van der Waals surface area contributed by atoms with Gasteiger partial charge in [0.2, 0.25) is 0 Å². The van der Waals surface area contributed by atoms with E-state index in [4.69, 9.17) is 5.26 Å². The molecule has 4 nitrogen and oxygen atoms in total. The van der Waals surface area contributed by atoms with Gasteiger partial charge in [0.1, 0.15) is 11.6 Å². The molecule has 1 aromatic rings. The number of aromatic nitrogens is 1. The molecule has 0 N–H and O–H groups in total. The molecule has 1 saturated heterocycles. The number of amides is 1. The molecule has 0 saturated carbocycles. The van der Waals surface area contributed by atoms with Crippen LogP contribution in [-0.4, -0.2) is 28.9 Å². The molecule has 0 atom stereocenters. The molecule has 1 amide bonds. The second-order valence-electron chi connectivity index (χ2n) is 4.73. The number of aryl methyl sites for hydroxylation is 1. The largest absolute Gasteiger partial charge is 0.338 e. The van der Waals surface area contributed by atoms with Crippen molar-refractivity contribution in [1.29, 1.82) is 5.26 Å². The lowest BCUT2D eigenvalue weighted by molar-refractivity contribution is -0.127. The predicted octanol–water partition coefficient (Wildman–Crippen LogP) is 2.31. The molecule has 4 heteroatoms. The molecule has 1 aliphatic heterocycles. The molecule has 2 rings (SSSR count). The fourth-order valence-corrected chi connectivity index (χ4v) is 2.20. The van der Waals surface area contributed by atoms with Gasteiger partial charge < -0.3 is 4.90 Å². The first-order chi connectivity index (χ1) is 9.20. The number of nitriles is 1. The molecule has 0 spiro atoms. The quantitative estimate of drug-likeness (QED) is 0.602. The van der Waals surface area contributed by atoms with Crippen molar-refractivity contribution in [1.82, 2.24) is 9.88 Å². The van der Waals surface area contributed by atoms with Crippen LogP contribution >= 0.6 is 0 Å². The van der Waals surface area contributed by atoms with Crippen LogP contribution in [0.2, 0.25) is 0 Å². The summed E-state index contributed by atoms with van der Waals surface area (Å²) in [5, 5.41) is 9.16.